The van der Waals surface area contributed by atoms with E-state index in [9.17, 15) is 9.59 Å². The van der Waals surface area contributed by atoms with Crippen LogP contribution in [0.3, 0.4) is 0 Å². The van der Waals surface area contributed by atoms with Crippen molar-refractivity contribution in [1.29, 1.82) is 0 Å². The number of methoxy groups -OCH3 is 2. The highest BCUT2D eigenvalue weighted by Gasteiger charge is 2.21. The summed E-state index contributed by atoms with van der Waals surface area (Å²) in [6.07, 6.45) is 1.33. The summed E-state index contributed by atoms with van der Waals surface area (Å²) >= 11 is 0. The lowest BCUT2D eigenvalue weighted by Gasteiger charge is -2.28. The Morgan fingerprint density at radius 1 is 1.13 bits per heavy atom. The molecule has 156 valence electrons. The molecule has 1 amide bonds. The van der Waals surface area contributed by atoms with E-state index in [2.05, 4.69) is 39.5 Å². The monoisotopic (exact) mass is 407 g/mol. The summed E-state index contributed by atoms with van der Waals surface area (Å²) in [6, 6.07) is 13.8. The lowest BCUT2D eigenvalue weighted by atomic mass is 10.00. The molecule has 3 aromatic rings. The van der Waals surface area contributed by atoms with E-state index in [0.29, 0.717) is 29.9 Å². The van der Waals surface area contributed by atoms with Crippen LogP contribution in [0, 0.1) is 0 Å². The maximum absolute atomic E-state index is 12.7. The molecule has 30 heavy (non-hydrogen) atoms. The van der Waals surface area contributed by atoms with E-state index in [1.807, 2.05) is 6.07 Å². The van der Waals surface area contributed by atoms with Crippen LogP contribution in [0.4, 0.5) is 5.69 Å². The molecule has 2 heterocycles. The maximum Gasteiger partial charge on any atom is 0.356 e. The second-order valence-electron chi connectivity index (χ2n) is 7.37. The lowest BCUT2D eigenvalue weighted by Crippen LogP contribution is -2.33. The number of aromatic nitrogens is 1. The molecular weight excluding hydrogens is 382 g/mol. The van der Waals surface area contributed by atoms with Crippen molar-refractivity contribution in [1.82, 2.24) is 9.88 Å². The van der Waals surface area contributed by atoms with Crippen molar-refractivity contribution in [3.63, 3.8) is 0 Å². The number of carbonyl (C=O) groups excluding carboxylic acids is 2. The number of hydrogen-bond donors (Lipinski definition) is 2. The van der Waals surface area contributed by atoms with Crippen LogP contribution in [-0.2, 0) is 22.5 Å². The number of nitrogens with zero attached hydrogens (tertiary/aromatic N) is 1. The van der Waals surface area contributed by atoms with E-state index in [4.69, 9.17) is 9.47 Å². The third kappa shape index (κ3) is 4.02. The molecule has 0 aliphatic carbocycles. The van der Waals surface area contributed by atoms with Gasteiger partial charge in [-0.1, -0.05) is 24.3 Å². The minimum absolute atomic E-state index is 0.143. The van der Waals surface area contributed by atoms with Gasteiger partial charge in [0.2, 0.25) is 5.91 Å². The number of aromatic amines is 1. The van der Waals surface area contributed by atoms with Crippen LogP contribution < -0.4 is 10.1 Å². The van der Waals surface area contributed by atoms with Gasteiger partial charge in [0.1, 0.15) is 11.4 Å². The number of hydrogen-bond acceptors (Lipinski definition) is 5. The van der Waals surface area contributed by atoms with Gasteiger partial charge in [0.15, 0.2) is 0 Å². The average Bonchev–Trinajstić information content (AvgIpc) is 3.14. The molecule has 1 aliphatic rings. The van der Waals surface area contributed by atoms with Crippen LogP contribution in [0.2, 0.25) is 0 Å². The van der Waals surface area contributed by atoms with Crippen LogP contribution in [0.25, 0.3) is 10.9 Å². The van der Waals surface area contributed by atoms with Crippen LogP contribution in [0.15, 0.2) is 42.5 Å². The molecule has 0 bridgehead atoms. The van der Waals surface area contributed by atoms with Crippen LogP contribution in [0.5, 0.6) is 5.75 Å². The number of anilines is 1. The van der Waals surface area contributed by atoms with E-state index in [0.717, 1.165) is 24.9 Å². The molecule has 1 aliphatic heterocycles. The zero-order chi connectivity index (χ0) is 21.1. The Morgan fingerprint density at radius 3 is 2.70 bits per heavy atom. The van der Waals surface area contributed by atoms with Gasteiger partial charge in [0, 0.05) is 37.5 Å². The van der Waals surface area contributed by atoms with Gasteiger partial charge in [-0.3, -0.25) is 9.69 Å². The fraction of sp³-hybridized carbons (Fsp3) is 0.304. The molecule has 7 nitrogen and oxygen atoms in total. The molecule has 2 N–H and O–H groups in total. The Bertz CT molecular complexity index is 1090. The SMILES string of the molecule is COC(=O)c1[nH]c2cc(OC)ccc2c1NC(=O)CCN1CCc2ccccc2C1. The Labute approximate surface area is 175 Å². The van der Waals surface area contributed by atoms with Crippen molar-refractivity contribution in [2.45, 2.75) is 19.4 Å². The molecule has 4 rings (SSSR count). The molecule has 0 spiro atoms. The molecule has 1 aromatic heterocycles. The molecule has 0 fully saturated rings. The number of esters is 1. The van der Waals surface area contributed by atoms with E-state index in [1.54, 1.807) is 19.2 Å². The Hall–Kier alpha value is -3.32. The quantitative estimate of drug-likeness (QED) is 0.613. The highest BCUT2D eigenvalue weighted by atomic mass is 16.5. The van der Waals surface area contributed by atoms with Crippen LogP contribution >= 0.6 is 0 Å². The van der Waals surface area contributed by atoms with Crippen molar-refractivity contribution in [3.8, 4) is 5.75 Å². The summed E-state index contributed by atoms with van der Waals surface area (Å²) in [5.74, 6) is -0.0211. The first-order valence-corrected chi connectivity index (χ1v) is 9.96. The average molecular weight is 407 g/mol. The van der Waals surface area contributed by atoms with Gasteiger partial charge in [0.05, 0.1) is 25.4 Å². The number of carbonyl (C=O) groups is 2. The summed E-state index contributed by atoms with van der Waals surface area (Å²) in [5.41, 5.74) is 4.06. The molecular formula is C23H25N3O4. The molecule has 0 atom stereocenters. The van der Waals surface area contributed by atoms with Crippen molar-refractivity contribution >= 4 is 28.5 Å². The van der Waals surface area contributed by atoms with E-state index in [-0.39, 0.29) is 11.6 Å². The zero-order valence-electron chi connectivity index (χ0n) is 17.2. The first kappa shape index (κ1) is 20.0. The third-order valence-corrected chi connectivity index (χ3v) is 5.52. The van der Waals surface area contributed by atoms with Crippen molar-refractivity contribution in [2.75, 3.05) is 32.6 Å². The molecule has 2 aromatic carbocycles. The topological polar surface area (TPSA) is 83.7 Å². The zero-order valence-corrected chi connectivity index (χ0v) is 17.2. The number of amides is 1. The predicted molar refractivity (Wildman–Crippen MR) is 115 cm³/mol. The van der Waals surface area contributed by atoms with Crippen molar-refractivity contribution < 1.29 is 19.1 Å². The molecule has 7 heteroatoms. The standard InChI is InChI=1S/C23H25N3O4/c1-29-17-7-8-18-19(13-17)24-22(23(28)30-2)21(18)25-20(27)10-12-26-11-9-15-5-3-4-6-16(15)14-26/h3-8,13,24H,9-12,14H2,1-2H3,(H,25,27). The van der Waals surface area contributed by atoms with E-state index >= 15 is 0 Å². The number of rotatable bonds is 6. The van der Waals surface area contributed by atoms with Crippen molar-refractivity contribution in [2.24, 2.45) is 0 Å². The van der Waals surface area contributed by atoms with Gasteiger partial charge in [-0.15, -0.1) is 0 Å². The molecule has 0 saturated carbocycles. The minimum Gasteiger partial charge on any atom is -0.497 e. The molecule has 0 radical (unpaired) electrons. The maximum atomic E-state index is 12.7. The van der Waals surface area contributed by atoms with Gasteiger partial charge in [0.25, 0.3) is 0 Å². The van der Waals surface area contributed by atoms with Crippen LogP contribution in [-0.4, -0.2) is 49.1 Å². The number of H-pyrrole nitrogens is 1. The Morgan fingerprint density at radius 2 is 1.93 bits per heavy atom. The summed E-state index contributed by atoms with van der Waals surface area (Å²) in [7, 11) is 2.89. The van der Waals surface area contributed by atoms with Crippen LogP contribution in [0.1, 0.15) is 28.0 Å². The van der Waals surface area contributed by atoms with Gasteiger partial charge in [-0.05, 0) is 29.7 Å². The summed E-state index contributed by atoms with van der Waals surface area (Å²) in [5, 5.41) is 3.64. The Kier molecular flexibility index (Phi) is 5.72. The summed E-state index contributed by atoms with van der Waals surface area (Å²) < 4.78 is 10.1. The summed E-state index contributed by atoms with van der Waals surface area (Å²) in [6.45, 7) is 2.44. The smallest absolute Gasteiger partial charge is 0.356 e. The highest BCUT2D eigenvalue weighted by molar-refractivity contribution is 6.11. The number of fused-ring (bicyclic) bond motifs is 2. The van der Waals surface area contributed by atoms with Gasteiger partial charge >= 0.3 is 5.97 Å². The van der Waals surface area contributed by atoms with Gasteiger partial charge < -0.3 is 19.8 Å². The van der Waals surface area contributed by atoms with Gasteiger partial charge in [-0.2, -0.15) is 0 Å². The summed E-state index contributed by atoms with van der Waals surface area (Å²) in [4.78, 5) is 30.2. The number of ether oxygens (including phenoxy) is 2. The number of benzene rings is 2. The van der Waals surface area contributed by atoms with E-state index < -0.39 is 5.97 Å². The largest absolute Gasteiger partial charge is 0.497 e. The fourth-order valence-electron chi connectivity index (χ4n) is 3.90. The lowest BCUT2D eigenvalue weighted by molar-refractivity contribution is -0.116. The van der Waals surface area contributed by atoms with E-state index in [1.165, 1.54) is 18.2 Å². The second-order valence-corrected chi connectivity index (χ2v) is 7.37. The Balaban J connectivity index is 1.47. The highest BCUT2D eigenvalue weighted by Crippen LogP contribution is 2.31. The predicted octanol–water partition coefficient (Wildman–Crippen LogP) is 3.35. The first-order valence-electron chi connectivity index (χ1n) is 9.96. The molecule has 0 unspecified atom stereocenters. The minimum atomic E-state index is -0.534. The second kappa shape index (κ2) is 8.59. The van der Waals surface area contributed by atoms with Crippen molar-refractivity contribution in [3.05, 3.63) is 59.3 Å². The first-order chi connectivity index (χ1) is 14.6. The fourth-order valence-corrected chi connectivity index (χ4v) is 3.90. The number of nitrogens with one attached hydrogen (secondary N) is 2. The normalized spacial score (nSPS) is 13.7. The third-order valence-electron chi connectivity index (χ3n) is 5.52. The molecule has 0 saturated heterocycles. The van der Waals surface area contributed by atoms with Gasteiger partial charge in [-0.25, -0.2) is 4.79 Å².